The van der Waals surface area contributed by atoms with Crippen molar-refractivity contribution in [2.75, 3.05) is 40.8 Å². The van der Waals surface area contributed by atoms with E-state index in [4.69, 9.17) is 0 Å². The monoisotopic (exact) mass is 289 g/mol. The van der Waals surface area contributed by atoms with Gasteiger partial charge in [-0.15, -0.1) is 0 Å². The van der Waals surface area contributed by atoms with Crippen LogP contribution in [-0.4, -0.2) is 56.6 Å². The Hall–Kier alpha value is -0.900. The summed E-state index contributed by atoms with van der Waals surface area (Å²) in [6.07, 6.45) is 5.13. The molecule has 0 aromatic heterocycles. The Morgan fingerprint density at radius 3 is 2.29 bits per heavy atom. The van der Waals surface area contributed by atoms with E-state index in [-0.39, 0.29) is 0 Å². The van der Waals surface area contributed by atoms with E-state index in [1.54, 1.807) is 0 Å². The molecule has 0 atom stereocenters. The van der Waals surface area contributed by atoms with Crippen LogP contribution in [0.3, 0.4) is 0 Å². The average Bonchev–Trinajstić information content (AvgIpc) is 3.24. The van der Waals surface area contributed by atoms with E-state index >= 15 is 0 Å². The first-order chi connectivity index (χ1) is 10.1. The van der Waals surface area contributed by atoms with E-state index in [9.17, 15) is 0 Å². The number of nitrogens with zero attached hydrogens (tertiary/aromatic N) is 2. The molecular weight excluding hydrogens is 258 g/mol. The highest BCUT2D eigenvalue weighted by Crippen LogP contribution is 2.18. The Labute approximate surface area is 130 Å². The molecule has 0 amide bonds. The molecule has 1 aromatic rings. The summed E-state index contributed by atoms with van der Waals surface area (Å²) in [4.78, 5) is 4.66. The predicted octanol–water partition coefficient (Wildman–Crippen LogP) is 2.36. The molecule has 0 radical (unpaired) electrons. The van der Waals surface area contributed by atoms with Gasteiger partial charge in [0, 0.05) is 12.6 Å². The fraction of sp³-hybridized carbons (Fsp3) is 0.667. The second kappa shape index (κ2) is 8.52. The zero-order chi connectivity index (χ0) is 15.1. The molecule has 1 saturated carbocycles. The van der Waals surface area contributed by atoms with Gasteiger partial charge in [0.1, 0.15) is 0 Å². The molecule has 1 N–H and O–H groups in total. The Balaban J connectivity index is 1.65. The largest absolute Gasteiger partial charge is 0.314 e. The van der Waals surface area contributed by atoms with Gasteiger partial charge in [0.05, 0.1) is 0 Å². The molecule has 1 aliphatic rings. The summed E-state index contributed by atoms with van der Waals surface area (Å²) < 4.78 is 0. The quantitative estimate of drug-likeness (QED) is 0.713. The van der Waals surface area contributed by atoms with Crippen LogP contribution in [0.15, 0.2) is 24.3 Å². The van der Waals surface area contributed by atoms with Crippen molar-refractivity contribution in [2.24, 2.45) is 0 Å². The smallest absolute Gasteiger partial charge is 0.0230 e. The molecule has 1 aliphatic carbocycles. The van der Waals surface area contributed by atoms with Gasteiger partial charge in [-0.2, -0.15) is 0 Å². The van der Waals surface area contributed by atoms with Crippen LogP contribution in [0.5, 0.6) is 0 Å². The molecule has 1 aromatic carbocycles. The normalized spacial score (nSPS) is 15.1. The Kier molecular flexibility index (Phi) is 6.68. The van der Waals surface area contributed by atoms with Gasteiger partial charge in [-0.1, -0.05) is 24.3 Å². The maximum absolute atomic E-state index is 3.57. The lowest BCUT2D eigenvalue weighted by molar-refractivity contribution is 0.294. The van der Waals surface area contributed by atoms with Crippen molar-refractivity contribution >= 4 is 0 Å². The van der Waals surface area contributed by atoms with Crippen LogP contribution >= 0.6 is 0 Å². The van der Waals surface area contributed by atoms with Crippen LogP contribution < -0.4 is 5.32 Å². The molecule has 21 heavy (non-hydrogen) atoms. The highest BCUT2D eigenvalue weighted by Gasteiger charge is 2.19. The molecule has 0 unspecified atom stereocenters. The molecule has 0 saturated heterocycles. The second-order valence-corrected chi connectivity index (χ2v) is 6.69. The summed E-state index contributed by atoms with van der Waals surface area (Å²) in [6, 6.07) is 9.97. The number of hydrogen-bond donors (Lipinski definition) is 1. The van der Waals surface area contributed by atoms with Gasteiger partial charge < -0.3 is 15.1 Å². The Morgan fingerprint density at radius 1 is 1.00 bits per heavy atom. The molecule has 118 valence electrons. The van der Waals surface area contributed by atoms with Gasteiger partial charge in [-0.3, -0.25) is 0 Å². The lowest BCUT2D eigenvalue weighted by Gasteiger charge is -2.18. The first kappa shape index (κ1) is 16.5. The maximum atomic E-state index is 3.57. The standard InChI is InChI=1S/C18H31N3/c1-20(2)13-4-14-21(3)15-17-7-5-16(6-8-17)11-12-19-18-9-10-18/h5-8,18-19H,4,9-15H2,1-3H3. The van der Waals surface area contributed by atoms with Crippen LogP contribution in [0.25, 0.3) is 0 Å². The lowest BCUT2D eigenvalue weighted by atomic mass is 10.1. The highest BCUT2D eigenvalue weighted by molar-refractivity contribution is 5.22. The number of hydrogen-bond acceptors (Lipinski definition) is 3. The van der Waals surface area contributed by atoms with Gasteiger partial charge in [-0.05, 0) is 77.6 Å². The minimum absolute atomic E-state index is 0.820. The maximum Gasteiger partial charge on any atom is 0.0230 e. The summed E-state index contributed by atoms with van der Waals surface area (Å²) in [5.74, 6) is 0. The van der Waals surface area contributed by atoms with E-state index in [0.29, 0.717) is 0 Å². The number of rotatable bonds is 10. The molecule has 0 heterocycles. The summed E-state index contributed by atoms with van der Waals surface area (Å²) in [7, 11) is 6.48. The molecule has 3 nitrogen and oxygen atoms in total. The van der Waals surface area contributed by atoms with Crippen molar-refractivity contribution in [3.8, 4) is 0 Å². The lowest BCUT2D eigenvalue weighted by Crippen LogP contribution is -2.23. The third kappa shape index (κ3) is 7.07. The van der Waals surface area contributed by atoms with E-state index in [1.807, 2.05) is 0 Å². The molecule has 0 bridgehead atoms. The minimum atomic E-state index is 0.820. The van der Waals surface area contributed by atoms with E-state index < -0.39 is 0 Å². The minimum Gasteiger partial charge on any atom is -0.314 e. The van der Waals surface area contributed by atoms with Crippen molar-refractivity contribution in [3.63, 3.8) is 0 Å². The van der Waals surface area contributed by atoms with Crippen LogP contribution in [-0.2, 0) is 13.0 Å². The van der Waals surface area contributed by atoms with Crippen LogP contribution in [0.2, 0.25) is 0 Å². The highest BCUT2D eigenvalue weighted by atomic mass is 15.1. The van der Waals surface area contributed by atoms with Crippen LogP contribution in [0.4, 0.5) is 0 Å². The zero-order valence-electron chi connectivity index (χ0n) is 13.9. The zero-order valence-corrected chi connectivity index (χ0v) is 13.9. The van der Waals surface area contributed by atoms with Crippen molar-refractivity contribution in [3.05, 3.63) is 35.4 Å². The van der Waals surface area contributed by atoms with Crippen molar-refractivity contribution in [1.82, 2.24) is 15.1 Å². The Bertz CT molecular complexity index is 395. The molecule has 3 heteroatoms. The first-order valence-electron chi connectivity index (χ1n) is 8.28. The SMILES string of the molecule is CN(C)CCCN(C)Cc1ccc(CCNC2CC2)cc1. The summed E-state index contributed by atoms with van der Waals surface area (Å²) >= 11 is 0. The van der Waals surface area contributed by atoms with Crippen molar-refractivity contribution in [2.45, 2.75) is 38.3 Å². The molecule has 0 aliphatic heterocycles. The van der Waals surface area contributed by atoms with Crippen LogP contribution in [0, 0.1) is 0 Å². The van der Waals surface area contributed by atoms with Gasteiger partial charge in [0.2, 0.25) is 0 Å². The number of benzene rings is 1. The number of nitrogens with one attached hydrogen (secondary N) is 1. The molecule has 1 fully saturated rings. The molecule has 0 spiro atoms. The average molecular weight is 289 g/mol. The van der Waals surface area contributed by atoms with E-state index in [0.717, 1.165) is 38.6 Å². The summed E-state index contributed by atoms with van der Waals surface area (Å²) in [5, 5.41) is 3.57. The topological polar surface area (TPSA) is 18.5 Å². The van der Waals surface area contributed by atoms with E-state index in [2.05, 4.69) is 60.5 Å². The van der Waals surface area contributed by atoms with Crippen molar-refractivity contribution < 1.29 is 0 Å². The van der Waals surface area contributed by atoms with Gasteiger partial charge in [0.25, 0.3) is 0 Å². The summed E-state index contributed by atoms with van der Waals surface area (Å²) in [6.45, 7) is 4.49. The third-order valence-electron chi connectivity index (χ3n) is 4.04. The summed E-state index contributed by atoms with van der Waals surface area (Å²) in [5.41, 5.74) is 2.86. The predicted molar refractivity (Wildman–Crippen MR) is 90.7 cm³/mol. The Morgan fingerprint density at radius 2 is 1.67 bits per heavy atom. The molecule has 2 rings (SSSR count). The van der Waals surface area contributed by atoms with Gasteiger partial charge in [-0.25, -0.2) is 0 Å². The van der Waals surface area contributed by atoms with E-state index in [1.165, 1.54) is 30.4 Å². The fourth-order valence-corrected chi connectivity index (χ4v) is 2.57. The first-order valence-corrected chi connectivity index (χ1v) is 8.28. The molecular formula is C18H31N3. The van der Waals surface area contributed by atoms with Gasteiger partial charge in [0.15, 0.2) is 0 Å². The fourth-order valence-electron chi connectivity index (χ4n) is 2.57. The second-order valence-electron chi connectivity index (χ2n) is 6.69. The third-order valence-corrected chi connectivity index (χ3v) is 4.04. The van der Waals surface area contributed by atoms with Crippen LogP contribution in [0.1, 0.15) is 30.4 Å². The van der Waals surface area contributed by atoms with Crippen molar-refractivity contribution in [1.29, 1.82) is 0 Å². The van der Waals surface area contributed by atoms with Gasteiger partial charge >= 0.3 is 0 Å².